The summed E-state index contributed by atoms with van der Waals surface area (Å²) in [7, 11) is 0. The quantitative estimate of drug-likeness (QED) is 0.514. The van der Waals surface area contributed by atoms with Gasteiger partial charge < -0.3 is 13.8 Å². The van der Waals surface area contributed by atoms with Crippen molar-refractivity contribution in [2.75, 3.05) is 0 Å². The average molecular weight is 351 g/mol. The molecule has 0 bridgehead atoms. The summed E-state index contributed by atoms with van der Waals surface area (Å²) in [6.07, 6.45) is 1.60. The van der Waals surface area contributed by atoms with Gasteiger partial charge in [0.05, 0.1) is 22.9 Å². The van der Waals surface area contributed by atoms with E-state index in [1.165, 1.54) is 6.07 Å². The lowest BCUT2D eigenvalue weighted by molar-refractivity contribution is -0.145. The molecule has 7 heteroatoms. The summed E-state index contributed by atoms with van der Waals surface area (Å²) in [5.41, 5.74) is 2.38. The fraction of sp³-hybridized carbons (Fsp3) is 0.105. The van der Waals surface area contributed by atoms with Gasteiger partial charge in [0.2, 0.25) is 0 Å². The highest BCUT2D eigenvalue weighted by Crippen LogP contribution is 2.23. The van der Waals surface area contributed by atoms with Crippen molar-refractivity contribution in [1.82, 2.24) is 14.7 Å². The fourth-order valence-corrected chi connectivity index (χ4v) is 2.64. The highest BCUT2D eigenvalue weighted by atomic mass is 19.1. The molecule has 0 spiro atoms. The largest absolute Gasteiger partial charge is 0.458 e. The van der Waals surface area contributed by atoms with E-state index >= 15 is 0 Å². The second-order valence-electron chi connectivity index (χ2n) is 5.68. The van der Waals surface area contributed by atoms with Gasteiger partial charge in [0.15, 0.2) is 5.76 Å². The summed E-state index contributed by atoms with van der Waals surface area (Å²) in [6, 6.07) is 15.3. The minimum atomic E-state index is -0.427. The Kier molecular flexibility index (Phi) is 4.18. The maximum Gasteiger partial charge on any atom is 0.326 e. The molecular weight excluding hydrogens is 337 g/mol. The molecule has 0 N–H and O–H groups in total. The van der Waals surface area contributed by atoms with Crippen LogP contribution in [0.25, 0.3) is 22.4 Å². The number of hydrogen-bond acceptors (Lipinski definition) is 5. The zero-order chi connectivity index (χ0) is 17.9. The second kappa shape index (κ2) is 6.79. The molecule has 4 rings (SSSR count). The molecule has 0 aliphatic heterocycles. The van der Waals surface area contributed by atoms with Crippen molar-refractivity contribution in [3.8, 4) is 11.3 Å². The van der Waals surface area contributed by atoms with Crippen LogP contribution in [0.15, 0.2) is 65.4 Å². The Morgan fingerprint density at radius 1 is 1.15 bits per heavy atom. The van der Waals surface area contributed by atoms with Crippen LogP contribution in [0.4, 0.5) is 4.39 Å². The van der Waals surface area contributed by atoms with Crippen molar-refractivity contribution in [1.29, 1.82) is 0 Å². The van der Waals surface area contributed by atoms with E-state index in [0.717, 1.165) is 11.0 Å². The van der Waals surface area contributed by atoms with Crippen LogP contribution in [0.5, 0.6) is 0 Å². The minimum absolute atomic E-state index is 0.0402. The predicted octanol–water partition coefficient (Wildman–Crippen LogP) is 3.57. The van der Waals surface area contributed by atoms with E-state index in [-0.39, 0.29) is 18.9 Å². The Balaban J connectivity index is 1.40. The van der Waals surface area contributed by atoms with Crippen molar-refractivity contribution >= 4 is 17.0 Å². The number of ether oxygens (including phenoxy) is 1. The molecule has 0 saturated heterocycles. The summed E-state index contributed by atoms with van der Waals surface area (Å²) >= 11 is 0. The first kappa shape index (κ1) is 16.0. The number of rotatable bonds is 5. The van der Waals surface area contributed by atoms with Crippen molar-refractivity contribution in [3.63, 3.8) is 0 Å². The van der Waals surface area contributed by atoms with Gasteiger partial charge in [-0.3, -0.25) is 4.79 Å². The number of fused-ring (bicyclic) bond motifs is 1. The van der Waals surface area contributed by atoms with Crippen molar-refractivity contribution in [2.45, 2.75) is 13.2 Å². The van der Waals surface area contributed by atoms with Gasteiger partial charge in [-0.2, -0.15) is 0 Å². The Hall–Kier alpha value is -3.48. The molecule has 0 unspecified atom stereocenters. The van der Waals surface area contributed by atoms with Gasteiger partial charge in [-0.25, -0.2) is 9.37 Å². The molecule has 0 atom stereocenters. The van der Waals surface area contributed by atoms with Crippen molar-refractivity contribution in [2.24, 2.45) is 0 Å². The molecule has 2 heterocycles. The van der Waals surface area contributed by atoms with Crippen LogP contribution in [0.2, 0.25) is 0 Å². The first-order valence-electron chi connectivity index (χ1n) is 7.97. The number of para-hydroxylation sites is 2. The minimum Gasteiger partial charge on any atom is -0.458 e. The molecule has 0 radical (unpaired) electrons. The van der Waals surface area contributed by atoms with Crippen LogP contribution in [-0.2, 0) is 22.7 Å². The summed E-state index contributed by atoms with van der Waals surface area (Å²) in [4.78, 5) is 16.3. The van der Waals surface area contributed by atoms with Crippen LogP contribution in [0.3, 0.4) is 0 Å². The van der Waals surface area contributed by atoms with Crippen molar-refractivity contribution < 1.29 is 18.4 Å². The third-order valence-corrected chi connectivity index (χ3v) is 3.91. The highest BCUT2D eigenvalue weighted by molar-refractivity contribution is 5.78. The summed E-state index contributed by atoms with van der Waals surface area (Å²) in [6.45, 7) is -0.0120. The van der Waals surface area contributed by atoms with Crippen LogP contribution >= 0.6 is 0 Å². The smallest absolute Gasteiger partial charge is 0.326 e. The van der Waals surface area contributed by atoms with Gasteiger partial charge in [-0.15, -0.1) is 0 Å². The van der Waals surface area contributed by atoms with Crippen molar-refractivity contribution in [3.05, 3.63) is 72.4 Å². The third-order valence-electron chi connectivity index (χ3n) is 3.91. The van der Waals surface area contributed by atoms with Crippen LogP contribution in [0, 0.1) is 5.82 Å². The van der Waals surface area contributed by atoms with Gasteiger partial charge in [-0.1, -0.05) is 29.4 Å². The normalized spacial score (nSPS) is 11.0. The number of imidazole rings is 1. The molecule has 2 aromatic heterocycles. The lowest BCUT2D eigenvalue weighted by Gasteiger charge is -2.04. The lowest BCUT2D eigenvalue weighted by Crippen LogP contribution is -2.12. The molecule has 0 amide bonds. The van der Waals surface area contributed by atoms with Gasteiger partial charge in [0, 0.05) is 6.07 Å². The number of halogens is 1. The third kappa shape index (κ3) is 3.19. The van der Waals surface area contributed by atoms with Gasteiger partial charge in [0.25, 0.3) is 0 Å². The standard InChI is InChI=1S/C19H14FN3O3/c20-15-6-2-1-5-14(15)18-9-13(22-26-18)11-25-19(24)10-23-12-21-16-7-3-4-8-17(16)23/h1-9,12H,10-11H2. The van der Waals surface area contributed by atoms with E-state index < -0.39 is 11.8 Å². The average Bonchev–Trinajstić information content (AvgIpc) is 3.28. The molecule has 0 aliphatic rings. The number of carbonyl (C=O) groups excluding carboxylic acids is 1. The summed E-state index contributed by atoms with van der Waals surface area (Å²) < 4.78 is 25.8. The number of aromatic nitrogens is 3. The molecular formula is C19H14FN3O3. The van der Waals surface area contributed by atoms with Crippen LogP contribution < -0.4 is 0 Å². The molecule has 4 aromatic rings. The Morgan fingerprint density at radius 3 is 2.85 bits per heavy atom. The lowest BCUT2D eigenvalue weighted by atomic mass is 10.1. The number of benzene rings is 2. The Labute approximate surface area is 147 Å². The second-order valence-corrected chi connectivity index (χ2v) is 5.68. The van der Waals surface area contributed by atoms with E-state index in [1.54, 1.807) is 35.2 Å². The number of esters is 1. The van der Waals surface area contributed by atoms with E-state index in [1.807, 2.05) is 24.3 Å². The molecule has 130 valence electrons. The van der Waals surface area contributed by atoms with E-state index in [0.29, 0.717) is 11.3 Å². The summed E-state index contributed by atoms with van der Waals surface area (Å²) in [5, 5.41) is 3.81. The van der Waals surface area contributed by atoms with E-state index in [2.05, 4.69) is 10.1 Å². The van der Waals surface area contributed by atoms with E-state index in [4.69, 9.17) is 9.26 Å². The first-order valence-corrected chi connectivity index (χ1v) is 7.97. The first-order chi connectivity index (χ1) is 12.7. The Bertz CT molecular complexity index is 1070. The molecule has 0 saturated carbocycles. The molecule has 0 fully saturated rings. The zero-order valence-electron chi connectivity index (χ0n) is 13.6. The molecule has 26 heavy (non-hydrogen) atoms. The van der Waals surface area contributed by atoms with E-state index in [9.17, 15) is 9.18 Å². The van der Waals surface area contributed by atoms with Gasteiger partial charge in [-0.05, 0) is 24.3 Å². The zero-order valence-corrected chi connectivity index (χ0v) is 13.6. The SMILES string of the molecule is O=C(Cn1cnc2ccccc21)OCc1cc(-c2ccccc2F)on1. The number of carbonyl (C=O) groups is 1. The molecule has 0 aliphatic carbocycles. The predicted molar refractivity (Wildman–Crippen MR) is 91.4 cm³/mol. The highest BCUT2D eigenvalue weighted by Gasteiger charge is 2.13. The summed E-state index contributed by atoms with van der Waals surface area (Å²) in [5.74, 6) is -0.544. The van der Waals surface area contributed by atoms with Crippen LogP contribution in [0.1, 0.15) is 5.69 Å². The Morgan fingerprint density at radius 2 is 1.96 bits per heavy atom. The number of hydrogen-bond donors (Lipinski definition) is 0. The monoisotopic (exact) mass is 351 g/mol. The topological polar surface area (TPSA) is 70.2 Å². The maximum atomic E-state index is 13.8. The van der Waals surface area contributed by atoms with Crippen LogP contribution in [-0.4, -0.2) is 20.7 Å². The molecule has 6 nitrogen and oxygen atoms in total. The maximum absolute atomic E-state index is 13.8. The van der Waals surface area contributed by atoms with Gasteiger partial charge >= 0.3 is 5.97 Å². The molecule has 2 aromatic carbocycles. The fourth-order valence-electron chi connectivity index (χ4n) is 2.64. The number of nitrogens with zero attached hydrogens (tertiary/aromatic N) is 3. The van der Waals surface area contributed by atoms with Gasteiger partial charge in [0.1, 0.15) is 24.7 Å².